The van der Waals surface area contributed by atoms with E-state index in [1.807, 2.05) is 62.5 Å². The van der Waals surface area contributed by atoms with Gasteiger partial charge in [0.15, 0.2) is 5.65 Å². The minimum Gasteiger partial charge on any atom is -0.462 e. The number of rotatable bonds is 5. The van der Waals surface area contributed by atoms with E-state index < -0.39 is 5.97 Å². The van der Waals surface area contributed by atoms with Crippen LogP contribution in [0.2, 0.25) is 5.02 Å². The number of hydrogen-bond donors (Lipinski definition) is 0. The Bertz CT molecular complexity index is 1010. The van der Waals surface area contributed by atoms with Crippen LogP contribution >= 0.6 is 11.6 Å². The first-order valence-corrected chi connectivity index (χ1v) is 8.96. The van der Waals surface area contributed by atoms with Gasteiger partial charge in [0.05, 0.1) is 18.0 Å². The number of fused-ring (bicyclic) bond motifs is 1. The second kappa shape index (κ2) is 7.80. The molecule has 0 bridgehead atoms. The summed E-state index contributed by atoms with van der Waals surface area (Å²) < 4.78 is 6.86. The van der Waals surface area contributed by atoms with E-state index in [2.05, 4.69) is 10.1 Å². The zero-order valence-corrected chi connectivity index (χ0v) is 16.5. The third-order valence-electron chi connectivity index (χ3n) is 4.01. The van der Waals surface area contributed by atoms with Crippen LogP contribution in [0.15, 0.2) is 36.7 Å². The minimum atomic E-state index is -0.425. The molecule has 27 heavy (non-hydrogen) atoms. The maximum Gasteiger partial charge on any atom is 0.341 e. The van der Waals surface area contributed by atoms with Crippen molar-refractivity contribution in [1.29, 1.82) is 0 Å². The number of aryl methyl sites for hydroxylation is 1. The standard InChI is InChI=1S/C20H21ClN4O2/c1-5-27-20(26)16-12-22-19-18(14-6-8-15(21)9-7-14)13(2)23-25(19)17(16)10-11-24(3)4/h6-12H,5H2,1-4H3/b11-10+. The summed E-state index contributed by atoms with van der Waals surface area (Å²) in [6.07, 6.45) is 5.23. The number of carbonyl (C=O) groups excluding carboxylic acids is 1. The highest BCUT2D eigenvalue weighted by atomic mass is 35.5. The molecule has 0 saturated carbocycles. The molecule has 0 N–H and O–H groups in total. The van der Waals surface area contributed by atoms with Gasteiger partial charge in [-0.1, -0.05) is 23.7 Å². The molecule has 0 unspecified atom stereocenters. The summed E-state index contributed by atoms with van der Waals surface area (Å²) in [7, 11) is 3.82. The Morgan fingerprint density at radius 2 is 2.00 bits per heavy atom. The molecule has 0 radical (unpaired) electrons. The van der Waals surface area contributed by atoms with Gasteiger partial charge in [-0.05, 0) is 37.6 Å². The molecule has 0 aliphatic carbocycles. The van der Waals surface area contributed by atoms with Gasteiger partial charge in [0.1, 0.15) is 5.56 Å². The molecule has 6 nitrogen and oxygen atoms in total. The van der Waals surface area contributed by atoms with E-state index in [-0.39, 0.29) is 0 Å². The molecule has 0 spiro atoms. The summed E-state index contributed by atoms with van der Waals surface area (Å²) in [5, 5.41) is 5.30. The Labute approximate surface area is 163 Å². The highest BCUT2D eigenvalue weighted by Gasteiger charge is 2.20. The Morgan fingerprint density at radius 1 is 1.30 bits per heavy atom. The third kappa shape index (κ3) is 3.80. The monoisotopic (exact) mass is 384 g/mol. The van der Waals surface area contributed by atoms with E-state index >= 15 is 0 Å². The number of benzene rings is 1. The molecule has 0 fully saturated rings. The lowest BCUT2D eigenvalue weighted by Crippen LogP contribution is -2.12. The van der Waals surface area contributed by atoms with Gasteiger partial charge in [-0.25, -0.2) is 14.3 Å². The number of aromatic nitrogens is 3. The molecule has 0 amide bonds. The van der Waals surface area contributed by atoms with Crippen LogP contribution in [0.1, 0.15) is 28.7 Å². The molecule has 0 aliphatic heterocycles. The summed E-state index contributed by atoms with van der Waals surface area (Å²) >= 11 is 6.01. The van der Waals surface area contributed by atoms with Gasteiger partial charge in [0.2, 0.25) is 0 Å². The Morgan fingerprint density at radius 3 is 2.63 bits per heavy atom. The fourth-order valence-corrected chi connectivity index (χ4v) is 2.93. The van der Waals surface area contributed by atoms with Gasteiger partial charge in [-0.3, -0.25) is 0 Å². The van der Waals surface area contributed by atoms with E-state index in [1.54, 1.807) is 17.6 Å². The molecule has 140 valence electrons. The molecule has 0 atom stereocenters. The van der Waals surface area contributed by atoms with Crippen LogP contribution in [0, 0.1) is 6.92 Å². The zero-order valence-electron chi connectivity index (χ0n) is 15.7. The SMILES string of the molecule is CCOC(=O)c1cnc2c(-c3ccc(Cl)cc3)c(C)nn2c1/C=C/N(C)C. The highest BCUT2D eigenvalue weighted by Crippen LogP contribution is 2.29. The van der Waals surface area contributed by atoms with Crippen LogP contribution in [-0.2, 0) is 4.74 Å². The van der Waals surface area contributed by atoms with Crippen molar-refractivity contribution in [3.8, 4) is 11.1 Å². The number of hydrogen-bond acceptors (Lipinski definition) is 5. The molecule has 3 rings (SSSR count). The smallest absolute Gasteiger partial charge is 0.341 e. The topological polar surface area (TPSA) is 59.7 Å². The van der Waals surface area contributed by atoms with E-state index in [4.69, 9.17) is 16.3 Å². The highest BCUT2D eigenvalue weighted by molar-refractivity contribution is 6.30. The first-order chi connectivity index (χ1) is 12.9. The maximum atomic E-state index is 12.4. The fraction of sp³-hybridized carbons (Fsp3) is 0.250. The first-order valence-electron chi connectivity index (χ1n) is 8.58. The first kappa shape index (κ1) is 18.9. The van der Waals surface area contributed by atoms with Crippen molar-refractivity contribution in [1.82, 2.24) is 19.5 Å². The quantitative estimate of drug-likeness (QED) is 0.620. The molecule has 0 aliphatic rings. The number of ether oxygens (including phenoxy) is 1. The number of carbonyl (C=O) groups is 1. The number of nitrogens with zero attached hydrogens (tertiary/aromatic N) is 4. The maximum absolute atomic E-state index is 12.4. The second-order valence-electron chi connectivity index (χ2n) is 6.26. The third-order valence-corrected chi connectivity index (χ3v) is 4.27. The fourth-order valence-electron chi connectivity index (χ4n) is 2.81. The molecular weight excluding hydrogens is 364 g/mol. The van der Waals surface area contributed by atoms with Crippen LogP contribution in [0.3, 0.4) is 0 Å². The van der Waals surface area contributed by atoms with Crippen LogP contribution in [-0.4, -0.2) is 46.2 Å². The van der Waals surface area contributed by atoms with Gasteiger partial charge in [0.25, 0.3) is 0 Å². The normalized spacial score (nSPS) is 11.3. The van der Waals surface area contributed by atoms with Crippen molar-refractivity contribution in [2.75, 3.05) is 20.7 Å². The lowest BCUT2D eigenvalue weighted by atomic mass is 10.1. The molecule has 7 heteroatoms. The predicted octanol–water partition coefficient (Wildman–Crippen LogP) is 4.07. The largest absolute Gasteiger partial charge is 0.462 e. The number of esters is 1. The van der Waals surface area contributed by atoms with Crippen molar-refractivity contribution in [2.24, 2.45) is 0 Å². The number of halogens is 1. The van der Waals surface area contributed by atoms with Gasteiger partial charge in [-0.15, -0.1) is 0 Å². The van der Waals surface area contributed by atoms with Crippen molar-refractivity contribution in [3.63, 3.8) is 0 Å². The lowest BCUT2D eigenvalue weighted by molar-refractivity contribution is 0.0525. The predicted molar refractivity (Wildman–Crippen MR) is 107 cm³/mol. The Hall–Kier alpha value is -2.86. The summed E-state index contributed by atoms with van der Waals surface area (Å²) in [5.74, 6) is -0.425. The van der Waals surface area contributed by atoms with Crippen molar-refractivity contribution in [2.45, 2.75) is 13.8 Å². The van der Waals surface area contributed by atoms with E-state index in [9.17, 15) is 4.79 Å². The summed E-state index contributed by atoms with van der Waals surface area (Å²) in [5.41, 5.74) is 4.34. The lowest BCUT2D eigenvalue weighted by Gasteiger charge is -2.09. The van der Waals surface area contributed by atoms with Gasteiger partial charge >= 0.3 is 5.97 Å². The molecule has 2 heterocycles. The Balaban J connectivity index is 2.25. The average Bonchev–Trinajstić information content (AvgIpc) is 2.96. The van der Waals surface area contributed by atoms with E-state index in [0.29, 0.717) is 28.5 Å². The van der Waals surface area contributed by atoms with Crippen LogP contribution in [0.5, 0.6) is 0 Å². The second-order valence-corrected chi connectivity index (χ2v) is 6.70. The summed E-state index contributed by atoms with van der Waals surface area (Å²) in [6.45, 7) is 3.99. The van der Waals surface area contributed by atoms with Crippen LogP contribution in [0.25, 0.3) is 22.9 Å². The van der Waals surface area contributed by atoms with Crippen LogP contribution in [0.4, 0.5) is 0 Å². The van der Waals surface area contributed by atoms with Gasteiger partial charge < -0.3 is 9.64 Å². The zero-order chi connectivity index (χ0) is 19.6. The Kier molecular flexibility index (Phi) is 5.46. The average molecular weight is 385 g/mol. The van der Waals surface area contributed by atoms with Gasteiger partial charge in [0, 0.05) is 37.1 Å². The summed E-state index contributed by atoms with van der Waals surface area (Å²) in [4.78, 5) is 18.8. The molecule has 3 aromatic rings. The summed E-state index contributed by atoms with van der Waals surface area (Å²) in [6, 6.07) is 7.53. The van der Waals surface area contributed by atoms with Crippen molar-refractivity contribution in [3.05, 3.63) is 58.6 Å². The molecular formula is C20H21ClN4O2. The van der Waals surface area contributed by atoms with Gasteiger partial charge in [-0.2, -0.15) is 5.10 Å². The van der Waals surface area contributed by atoms with E-state index in [0.717, 1.165) is 16.8 Å². The van der Waals surface area contributed by atoms with Crippen molar-refractivity contribution < 1.29 is 9.53 Å². The molecule has 0 saturated heterocycles. The molecule has 2 aromatic heterocycles. The molecule has 1 aromatic carbocycles. The van der Waals surface area contributed by atoms with Crippen LogP contribution < -0.4 is 0 Å². The van der Waals surface area contributed by atoms with Crippen molar-refractivity contribution >= 4 is 29.3 Å². The van der Waals surface area contributed by atoms with E-state index in [1.165, 1.54) is 0 Å². The minimum absolute atomic E-state index is 0.294.